The highest BCUT2D eigenvalue weighted by atomic mass is 35.5. The number of anilines is 1. The molecule has 1 atom stereocenters. The summed E-state index contributed by atoms with van der Waals surface area (Å²) in [5, 5.41) is 4.23. The summed E-state index contributed by atoms with van der Waals surface area (Å²) in [5.41, 5.74) is 3.47. The highest BCUT2D eigenvalue weighted by molar-refractivity contribution is 6.30. The summed E-state index contributed by atoms with van der Waals surface area (Å²) >= 11 is 5.87. The lowest BCUT2D eigenvalue weighted by Crippen LogP contribution is -2.07. The van der Waals surface area contributed by atoms with E-state index in [0.717, 1.165) is 16.3 Å². The predicted octanol–water partition coefficient (Wildman–Crippen LogP) is 4.22. The third-order valence-electron chi connectivity index (χ3n) is 2.76. The number of hydrogen-bond acceptors (Lipinski definition) is 2. The van der Waals surface area contributed by atoms with Gasteiger partial charge in [-0.15, -0.1) is 0 Å². The van der Waals surface area contributed by atoms with Gasteiger partial charge in [-0.3, -0.25) is 4.98 Å². The Labute approximate surface area is 107 Å². The summed E-state index contributed by atoms with van der Waals surface area (Å²) in [7, 11) is 0. The summed E-state index contributed by atoms with van der Waals surface area (Å²) in [6.07, 6.45) is 3.65. The zero-order chi connectivity index (χ0) is 12.3. The van der Waals surface area contributed by atoms with Crippen LogP contribution in [0.2, 0.25) is 5.02 Å². The van der Waals surface area contributed by atoms with Crippen molar-refractivity contribution in [3.8, 4) is 0 Å². The highest BCUT2D eigenvalue weighted by Crippen LogP contribution is 2.22. The Bertz CT molecular complexity index is 494. The maximum absolute atomic E-state index is 5.87. The first-order valence-electron chi connectivity index (χ1n) is 5.59. The molecule has 0 saturated heterocycles. The average Bonchev–Trinajstić information content (AvgIpc) is 2.33. The van der Waals surface area contributed by atoms with Crippen LogP contribution in [-0.4, -0.2) is 4.98 Å². The van der Waals surface area contributed by atoms with Gasteiger partial charge in [0, 0.05) is 29.1 Å². The number of halogens is 1. The molecule has 2 nitrogen and oxygen atoms in total. The Hall–Kier alpha value is -1.54. The zero-order valence-corrected chi connectivity index (χ0v) is 10.7. The number of hydrogen-bond donors (Lipinski definition) is 1. The Balaban J connectivity index is 2.14. The van der Waals surface area contributed by atoms with Gasteiger partial charge >= 0.3 is 0 Å². The SMILES string of the molecule is Cc1cnccc1NC(C)c1ccc(Cl)cc1. The van der Waals surface area contributed by atoms with Crippen molar-refractivity contribution in [2.24, 2.45) is 0 Å². The quantitative estimate of drug-likeness (QED) is 0.877. The molecule has 0 aliphatic rings. The van der Waals surface area contributed by atoms with Gasteiger partial charge < -0.3 is 5.32 Å². The summed E-state index contributed by atoms with van der Waals surface area (Å²) in [5.74, 6) is 0. The van der Waals surface area contributed by atoms with E-state index in [1.165, 1.54) is 5.56 Å². The normalized spacial score (nSPS) is 12.2. The van der Waals surface area contributed by atoms with E-state index in [4.69, 9.17) is 11.6 Å². The van der Waals surface area contributed by atoms with E-state index in [1.54, 1.807) is 6.20 Å². The van der Waals surface area contributed by atoms with Crippen molar-refractivity contribution < 1.29 is 0 Å². The molecule has 0 bridgehead atoms. The average molecular weight is 247 g/mol. The van der Waals surface area contributed by atoms with Crippen molar-refractivity contribution in [2.75, 3.05) is 5.32 Å². The molecule has 0 spiro atoms. The van der Waals surface area contributed by atoms with Crippen molar-refractivity contribution in [3.63, 3.8) is 0 Å². The van der Waals surface area contributed by atoms with E-state index in [2.05, 4.69) is 17.2 Å². The molecule has 17 heavy (non-hydrogen) atoms. The molecule has 1 aromatic carbocycles. The first-order valence-corrected chi connectivity index (χ1v) is 5.97. The van der Waals surface area contributed by atoms with Crippen molar-refractivity contribution in [3.05, 3.63) is 58.9 Å². The second-order valence-electron chi connectivity index (χ2n) is 4.11. The van der Waals surface area contributed by atoms with Crippen LogP contribution in [0.3, 0.4) is 0 Å². The minimum atomic E-state index is 0.244. The van der Waals surface area contributed by atoms with Gasteiger partial charge in [0.05, 0.1) is 0 Å². The Kier molecular flexibility index (Phi) is 3.64. The van der Waals surface area contributed by atoms with Crippen LogP contribution in [-0.2, 0) is 0 Å². The van der Waals surface area contributed by atoms with Crippen LogP contribution >= 0.6 is 11.6 Å². The van der Waals surface area contributed by atoms with Gasteiger partial charge in [-0.05, 0) is 43.2 Å². The Morgan fingerprint density at radius 1 is 1.18 bits per heavy atom. The third-order valence-corrected chi connectivity index (χ3v) is 3.01. The van der Waals surface area contributed by atoms with Gasteiger partial charge in [-0.2, -0.15) is 0 Å². The van der Waals surface area contributed by atoms with Crippen molar-refractivity contribution in [2.45, 2.75) is 19.9 Å². The van der Waals surface area contributed by atoms with E-state index in [-0.39, 0.29) is 6.04 Å². The number of rotatable bonds is 3. The van der Waals surface area contributed by atoms with Crippen molar-refractivity contribution >= 4 is 17.3 Å². The summed E-state index contributed by atoms with van der Waals surface area (Å²) in [6, 6.07) is 10.1. The van der Waals surface area contributed by atoms with Crippen LogP contribution in [0.5, 0.6) is 0 Å². The lowest BCUT2D eigenvalue weighted by Gasteiger charge is -2.17. The van der Waals surface area contributed by atoms with Gasteiger partial charge in [0.25, 0.3) is 0 Å². The second kappa shape index (κ2) is 5.19. The van der Waals surface area contributed by atoms with Crippen molar-refractivity contribution in [1.29, 1.82) is 0 Å². The van der Waals surface area contributed by atoms with Gasteiger partial charge in [0.2, 0.25) is 0 Å². The van der Waals surface area contributed by atoms with E-state index >= 15 is 0 Å². The summed E-state index contributed by atoms with van der Waals surface area (Å²) in [6.45, 7) is 4.17. The lowest BCUT2D eigenvalue weighted by atomic mass is 10.1. The smallest absolute Gasteiger partial charge is 0.0485 e. The topological polar surface area (TPSA) is 24.9 Å². The second-order valence-corrected chi connectivity index (χ2v) is 4.54. The number of nitrogens with one attached hydrogen (secondary N) is 1. The van der Waals surface area contributed by atoms with E-state index in [0.29, 0.717) is 0 Å². The maximum Gasteiger partial charge on any atom is 0.0485 e. The standard InChI is InChI=1S/C14H15ClN2/c1-10-9-16-8-7-14(10)17-11(2)12-3-5-13(15)6-4-12/h3-9,11H,1-2H3,(H,16,17). The van der Waals surface area contributed by atoms with Crippen LogP contribution < -0.4 is 5.32 Å². The molecule has 0 fully saturated rings. The Morgan fingerprint density at radius 3 is 2.53 bits per heavy atom. The fourth-order valence-electron chi connectivity index (χ4n) is 1.70. The van der Waals surface area contributed by atoms with Crippen LogP contribution in [0.25, 0.3) is 0 Å². The molecule has 1 heterocycles. The molecule has 2 aromatic rings. The number of nitrogens with zero attached hydrogens (tertiary/aromatic N) is 1. The molecule has 0 amide bonds. The number of aromatic nitrogens is 1. The molecular weight excluding hydrogens is 232 g/mol. The molecule has 1 unspecified atom stereocenters. The molecule has 0 saturated carbocycles. The molecule has 1 aromatic heterocycles. The maximum atomic E-state index is 5.87. The lowest BCUT2D eigenvalue weighted by molar-refractivity contribution is 0.881. The molecule has 0 radical (unpaired) electrons. The number of pyridine rings is 1. The Morgan fingerprint density at radius 2 is 1.88 bits per heavy atom. The fraction of sp³-hybridized carbons (Fsp3) is 0.214. The first-order chi connectivity index (χ1) is 8.16. The molecule has 88 valence electrons. The number of aryl methyl sites for hydroxylation is 1. The minimum absolute atomic E-state index is 0.244. The molecule has 2 rings (SSSR count). The van der Waals surface area contributed by atoms with E-state index in [1.807, 2.05) is 43.5 Å². The van der Waals surface area contributed by atoms with E-state index in [9.17, 15) is 0 Å². The predicted molar refractivity (Wildman–Crippen MR) is 72.5 cm³/mol. The van der Waals surface area contributed by atoms with Gasteiger partial charge in [0.1, 0.15) is 0 Å². The summed E-state index contributed by atoms with van der Waals surface area (Å²) in [4.78, 5) is 4.08. The zero-order valence-electron chi connectivity index (χ0n) is 9.94. The molecule has 3 heteroatoms. The fourth-order valence-corrected chi connectivity index (χ4v) is 1.83. The van der Waals surface area contributed by atoms with Gasteiger partial charge in [-0.25, -0.2) is 0 Å². The van der Waals surface area contributed by atoms with Gasteiger partial charge in [0.15, 0.2) is 0 Å². The van der Waals surface area contributed by atoms with Gasteiger partial charge in [-0.1, -0.05) is 23.7 Å². The summed E-state index contributed by atoms with van der Waals surface area (Å²) < 4.78 is 0. The molecule has 0 aliphatic carbocycles. The molecular formula is C14H15ClN2. The highest BCUT2D eigenvalue weighted by Gasteiger charge is 2.06. The third kappa shape index (κ3) is 2.98. The molecule has 0 aliphatic heterocycles. The van der Waals surface area contributed by atoms with Crippen LogP contribution in [0.15, 0.2) is 42.7 Å². The van der Waals surface area contributed by atoms with Crippen LogP contribution in [0.4, 0.5) is 5.69 Å². The largest absolute Gasteiger partial charge is 0.378 e. The molecule has 1 N–H and O–H groups in total. The first kappa shape index (κ1) is 11.9. The van der Waals surface area contributed by atoms with Crippen LogP contribution in [0.1, 0.15) is 24.1 Å². The van der Waals surface area contributed by atoms with Crippen LogP contribution in [0, 0.1) is 6.92 Å². The number of benzene rings is 1. The van der Waals surface area contributed by atoms with Crippen molar-refractivity contribution in [1.82, 2.24) is 4.98 Å². The minimum Gasteiger partial charge on any atom is -0.378 e. The van der Waals surface area contributed by atoms with E-state index < -0.39 is 0 Å². The monoisotopic (exact) mass is 246 g/mol.